The summed E-state index contributed by atoms with van der Waals surface area (Å²) in [6, 6.07) is 16.5. The Balaban J connectivity index is 1.47. The Bertz CT molecular complexity index is 1130. The third kappa shape index (κ3) is 6.04. The molecule has 2 aromatic carbocycles. The summed E-state index contributed by atoms with van der Waals surface area (Å²) in [5.41, 5.74) is 2.25. The number of carbonyl (C=O) groups is 2. The molecule has 3 aromatic rings. The number of benzene rings is 2. The van der Waals surface area contributed by atoms with E-state index < -0.39 is 12.1 Å². The summed E-state index contributed by atoms with van der Waals surface area (Å²) in [5.74, 6) is 10.7. The molecule has 0 aliphatic rings. The van der Waals surface area contributed by atoms with E-state index in [4.69, 9.17) is 9.47 Å². The van der Waals surface area contributed by atoms with E-state index in [9.17, 15) is 9.59 Å². The number of ether oxygens (including phenoxy) is 2. The Morgan fingerprint density at radius 3 is 2.26 bits per heavy atom. The van der Waals surface area contributed by atoms with E-state index in [2.05, 4.69) is 57.8 Å². The Morgan fingerprint density at radius 2 is 1.58 bits per heavy atom. The van der Waals surface area contributed by atoms with E-state index in [0.29, 0.717) is 13.2 Å². The standard InChI is InChI=1S/C25H24N2O4/c1-2-3-17-30-24(28)19-26-25(29)31-18-11-5-4-10-16-27-22-14-8-6-12-20(22)21-13-7-9-15-23(21)27/h6-9,12-15H,2-3,16-19H2,1H3,(H,26,29). The molecule has 0 radical (unpaired) electrons. The number of rotatable bonds is 7. The fraction of sp³-hybridized carbons (Fsp3) is 0.280. The van der Waals surface area contributed by atoms with E-state index in [1.807, 2.05) is 31.2 Å². The van der Waals surface area contributed by atoms with Gasteiger partial charge >= 0.3 is 12.1 Å². The van der Waals surface area contributed by atoms with Crippen LogP contribution in [0, 0.1) is 23.7 Å². The van der Waals surface area contributed by atoms with Gasteiger partial charge in [0.2, 0.25) is 0 Å². The van der Waals surface area contributed by atoms with Crippen molar-refractivity contribution < 1.29 is 19.1 Å². The summed E-state index contributed by atoms with van der Waals surface area (Å²) in [5, 5.41) is 4.71. The summed E-state index contributed by atoms with van der Waals surface area (Å²) < 4.78 is 12.0. The highest BCUT2D eigenvalue weighted by Crippen LogP contribution is 2.28. The number of esters is 1. The third-order valence-corrected chi connectivity index (χ3v) is 4.57. The number of carbonyl (C=O) groups excluding carboxylic acids is 2. The number of hydrogen-bond acceptors (Lipinski definition) is 4. The molecule has 0 unspecified atom stereocenters. The number of para-hydroxylation sites is 2. The van der Waals surface area contributed by atoms with E-state index in [-0.39, 0.29) is 13.2 Å². The van der Waals surface area contributed by atoms with Gasteiger partial charge in [0.25, 0.3) is 0 Å². The number of nitrogens with zero attached hydrogens (tertiary/aromatic N) is 1. The smallest absolute Gasteiger partial charge is 0.408 e. The second kappa shape index (κ2) is 11.3. The molecule has 0 spiro atoms. The summed E-state index contributed by atoms with van der Waals surface area (Å²) in [6.07, 6.45) is 1.01. The molecule has 1 N–H and O–H groups in total. The van der Waals surface area contributed by atoms with Crippen molar-refractivity contribution in [2.24, 2.45) is 0 Å². The normalized spacial score (nSPS) is 9.97. The SMILES string of the molecule is CCCCOC(=O)CNC(=O)OCC#CC#CCn1c2ccccc2c2ccccc21. The third-order valence-electron chi connectivity index (χ3n) is 4.57. The molecule has 0 aliphatic heterocycles. The van der Waals surface area contributed by atoms with E-state index >= 15 is 0 Å². The van der Waals surface area contributed by atoms with Crippen LogP contribution in [0.15, 0.2) is 48.5 Å². The fourth-order valence-electron chi connectivity index (χ4n) is 3.10. The van der Waals surface area contributed by atoms with Crippen molar-refractivity contribution >= 4 is 33.9 Å². The molecule has 0 saturated carbocycles. The van der Waals surface area contributed by atoms with Crippen LogP contribution in [0.4, 0.5) is 4.79 Å². The topological polar surface area (TPSA) is 69.6 Å². The first-order valence-corrected chi connectivity index (χ1v) is 10.2. The summed E-state index contributed by atoms with van der Waals surface area (Å²) in [7, 11) is 0. The lowest BCUT2D eigenvalue weighted by atomic mass is 10.2. The van der Waals surface area contributed by atoms with Crippen LogP contribution in [0.5, 0.6) is 0 Å². The van der Waals surface area contributed by atoms with Gasteiger partial charge in [-0.15, -0.1) is 0 Å². The summed E-state index contributed by atoms with van der Waals surface area (Å²) in [4.78, 5) is 22.9. The van der Waals surface area contributed by atoms with Crippen LogP contribution >= 0.6 is 0 Å². The van der Waals surface area contributed by atoms with Crippen LogP contribution < -0.4 is 5.32 Å². The number of unbranched alkanes of at least 4 members (excludes halogenated alkanes) is 1. The van der Waals surface area contributed by atoms with Crippen molar-refractivity contribution in [1.82, 2.24) is 9.88 Å². The second-order valence-corrected chi connectivity index (χ2v) is 6.73. The second-order valence-electron chi connectivity index (χ2n) is 6.73. The van der Waals surface area contributed by atoms with Crippen molar-refractivity contribution in [3.05, 3.63) is 48.5 Å². The van der Waals surface area contributed by atoms with Crippen molar-refractivity contribution in [3.63, 3.8) is 0 Å². The maximum atomic E-state index is 11.5. The Labute approximate surface area is 181 Å². The molecular weight excluding hydrogens is 392 g/mol. The Hall–Kier alpha value is -3.90. The zero-order valence-electron chi connectivity index (χ0n) is 17.4. The van der Waals surface area contributed by atoms with Gasteiger partial charge in [0, 0.05) is 21.8 Å². The van der Waals surface area contributed by atoms with Crippen LogP contribution in [0.3, 0.4) is 0 Å². The van der Waals surface area contributed by atoms with Crippen LogP contribution in [-0.2, 0) is 20.8 Å². The molecule has 158 valence electrons. The molecule has 0 fully saturated rings. The lowest BCUT2D eigenvalue weighted by Gasteiger charge is -2.05. The molecule has 3 rings (SSSR count). The van der Waals surface area contributed by atoms with E-state index in [0.717, 1.165) is 23.9 Å². The number of nitrogens with one attached hydrogen (secondary N) is 1. The van der Waals surface area contributed by atoms with Crippen molar-refractivity contribution in [2.75, 3.05) is 19.8 Å². The molecule has 0 aliphatic carbocycles. The molecule has 0 saturated heterocycles. The number of amides is 1. The molecule has 31 heavy (non-hydrogen) atoms. The Kier molecular flexibility index (Phi) is 7.97. The molecular formula is C25H24N2O4. The maximum Gasteiger partial charge on any atom is 0.408 e. The predicted octanol–water partition coefficient (Wildman–Crippen LogP) is 3.87. The lowest BCUT2D eigenvalue weighted by molar-refractivity contribution is -0.142. The largest absolute Gasteiger partial charge is 0.464 e. The lowest BCUT2D eigenvalue weighted by Crippen LogP contribution is -2.31. The molecule has 0 bridgehead atoms. The minimum atomic E-state index is -0.722. The number of fused-ring (bicyclic) bond motifs is 3. The zero-order valence-corrected chi connectivity index (χ0v) is 17.4. The molecule has 1 aromatic heterocycles. The Morgan fingerprint density at radius 1 is 0.935 bits per heavy atom. The monoisotopic (exact) mass is 416 g/mol. The maximum absolute atomic E-state index is 11.5. The van der Waals surface area contributed by atoms with Gasteiger partial charge in [0.15, 0.2) is 6.61 Å². The highest BCUT2D eigenvalue weighted by molar-refractivity contribution is 6.08. The molecule has 0 atom stereocenters. The van der Waals surface area contributed by atoms with Crippen molar-refractivity contribution in [2.45, 2.75) is 26.3 Å². The van der Waals surface area contributed by atoms with Gasteiger partial charge in [0.1, 0.15) is 6.54 Å². The zero-order chi connectivity index (χ0) is 21.9. The molecule has 1 amide bonds. The highest BCUT2D eigenvalue weighted by atomic mass is 16.6. The first kappa shape index (κ1) is 21.8. The van der Waals surface area contributed by atoms with Gasteiger partial charge in [0.05, 0.1) is 13.2 Å². The minimum absolute atomic E-state index is 0.110. The van der Waals surface area contributed by atoms with E-state index in [1.165, 1.54) is 10.8 Å². The van der Waals surface area contributed by atoms with Crippen LogP contribution in [0.2, 0.25) is 0 Å². The van der Waals surface area contributed by atoms with Gasteiger partial charge in [-0.2, -0.15) is 0 Å². The molecule has 6 heteroatoms. The van der Waals surface area contributed by atoms with Crippen LogP contribution in [-0.4, -0.2) is 36.4 Å². The summed E-state index contributed by atoms with van der Waals surface area (Å²) >= 11 is 0. The quantitative estimate of drug-likeness (QED) is 0.361. The van der Waals surface area contributed by atoms with Gasteiger partial charge in [-0.05, 0) is 36.3 Å². The van der Waals surface area contributed by atoms with Gasteiger partial charge < -0.3 is 19.4 Å². The predicted molar refractivity (Wildman–Crippen MR) is 120 cm³/mol. The number of alkyl carbamates (subject to hydrolysis) is 1. The molecule has 6 nitrogen and oxygen atoms in total. The minimum Gasteiger partial charge on any atom is -0.464 e. The first-order valence-electron chi connectivity index (χ1n) is 10.2. The average molecular weight is 416 g/mol. The molecule has 1 heterocycles. The van der Waals surface area contributed by atoms with Gasteiger partial charge in [-0.3, -0.25) is 4.79 Å². The summed E-state index contributed by atoms with van der Waals surface area (Å²) in [6.45, 7) is 2.52. The first-order chi connectivity index (χ1) is 15.2. The number of aromatic nitrogens is 1. The van der Waals surface area contributed by atoms with Crippen molar-refractivity contribution in [1.29, 1.82) is 0 Å². The average Bonchev–Trinajstić information content (AvgIpc) is 3.11. The van der Waals surface area contributed by atoms with Crippen LogP contribution in [0.25, 0.3) is 21.8 Å². The number of hydrogen-bond donors (Lipinski definition) is 1. The highest BCUT2D eigenvalue weighted by Gasteiger charge is 2.08. The van der Waals surface area contributed by atoms with Crippen molar-refractivity contribution in [3.8, 4) is 23.7 Å². The van der Waals surface area contributed by atoms with Gasteiger partial charge in [-0.1, -0.05) is 55.7 Å². The van der Waals surface area contributed by atoms with E-state index in [1.54, 1.807) is 0 Å². The van der Waals surface area contributed by atoms with Crippen LogP contribution in [0.1, 0.15) is 19.8 Å². The van der Waals surface area contributed by atoms with Gasteiger partial charge in [-0.25, -0.2) is 4.79 Å². The fourth-order valence-corrected chi connectivity index (χ4v) is 3.10.